The maximum atomic E-state index is 14.1. The molecule has 0 unspecified atom stereocenters. The zero-order valence-electron chi connectivity index (χ0n) is 23.3. The summed E-state index contributed by atoms with van der Waals surface area (Å²) in [4.78, 5) is 28.9. The monoisotopic (exact) mass is 603 g/mol. The van der Waals surface area contributed by atoms with Crippen LogP contribution < -0.4 is 9.62 Å². The van der Waals surface area contributed by atoms with Crippen molar-refractivity contribution in [3.63, 3.8) is 0 Å². The predicted octanol–water partition coefficient (Wildman–Crippen LogP) is 6.22. The first-order valence-electron chi connectivity index (χ1n) is 12.9. The molecule has 40 heavy (non-hydrogen) atoms. The molecule has 7 nitrogen and oxygen atoms in total. The molecule has 214 valence electrons. The van der Waals surface area contributed by atoms with E-state index < -0.39 is 34.1 Å². The van der Waals surface area contributed by atoms with Crippen LogP contribution >= 0.6 is 23.2 Å². The van der Waals surface area contributed by atoms with Crippen LogP contribution in [0.2, 0.25) is 10.0 Å². The molecule has 0 aromatic heterocycles. The minimum absolute atomic E-state index is 0.00332. The quantitative estimate of drug-likeness (QED) is 0.298. The number of carbonyl (C=O) groups excluding carboxylic acids is 2. The number of aryl methyl sites for hydroxylation is 1. The predicted molar refractivity (Wildman–Crippen MR) is 161 cm³/mol. The second-order valence-electron chi connectivity index (χ2n) is 10.6. The Morgan fingerprint density at radius 2 is 1.57 bits per heavy atom. The summed E-state index contributed by atoms with van der Waals surface area (Å²) in [5, 5.41) is 3.35. The Kier molecular flexibility index (Phi) is 10.3. The third-order valence-corrected chi connectivity index (χ3v) is 8.46. The van der Waals surface area contributed by atoms with Gasteiger partial charge in [-0.25, -0.2) is 8.42 Å². The Morgan fingerprint density at radius 1 is 0.950 bits per heavy atom. The van der Waals surface area contributed by atoms with Crippen molar-refractivity contribution in [1.82, 2.24) is 10.2 Å². The van der Waals surface area contributed by atoms with Crippen LogP contribution in [0.5, 0.6) is 0 Å². The Balaban J connectivity index is 2.09. The van der Waals surface area contributed by atoms with Crippen LogP contribution in [0, 0.1) is 6.92 Å². The molecule has 0 fully saturated rings. The number of nitrogens with one attached hydrogen (secondary N) is 1. The van der Waals surface area contributed by atoms with Gasteiger partial charge in [0.25, 0.3) is 10.0 Å². The number of hydrogen-bond donors (Lipinski definition) is 1. The molecule has 0 saturated carbocycles. The van der Waals surface area contributed by atoms with Gasteiger partial charge in [-0.05, 0) is 70.0 Å². The van der Waals surface area contributed by atoms with Crippen molar-refractivity contribution < 1.29 is 18.0 Å². The SMILES string of the molecule is CC[C@@H](C(=O)NC(C)(C)C)N(Cc1ccc(C)cc1)C(=O)CN(c1ccc(Cl)cc1Cl)S(=O)(=O)c1ccccc1. The number of carbonyl (C=O) groups is 2. The lowest BCUT2D eigenvalue weighted by molar-refractivity contribution is -0.141. The summed E-state index contributed by atoms with van der Waals surface area (Å²) in [7, 11) is -4.22. The summed E-state index contributed by atoms with van der Waals surface area (Å²) < 4.78 is 28.7. The molecule has 1 N–H and O–H groups in total. The summed E-state index contributed by atoms with van der Waals surface area (Å²) in [6.45, 7) is 8.89. The van der Waals surface area contributed by atoms with Crippen LogP contribution in [0.4, 0.5) is 5.69 Å². The molecule has 0 heterocycles. The van der Waals surface area contributed by atoms with Gasteiger partial charge in [0.05, 0.1) is 15.6 Å². The minimum atomic E-state index is -4.22. The number of amides is 2. The molecule has 0 saturated heterocycles. The summed E-state index contributed by atoms with van der Waals surface area (Å²) in [6, 6.07) is 19.0. The number of benzene rings is 3. The van der Waals surface area contributed by atoms with E-state index in [2.05, 4.69) is 5.32 Å². The lowest BCUT2D eigenvalue weighted by Crippen LogP contribution is -2.55. The Hall–Kier alpha value is -3.07. The first kappa shape index (κ1) is 31.5. The maximum Gasteiger partial charge on any atom is 0.264 e. The van der Waals surface area contributed by atoms with Crippen molar-refractivity contribution in [1.29, 1.82) is 0 Å². The fraction of sp³-hybridized carbons (Fsp3) is 0.333. The average Bonchev–Trinajstić information content (AvgIpc) is 2.88. The van der Waals surface area contributed by atoms with Crippen LogP contribution in [0.25, 0.3) is 0 Å². The van der Waals surface area contributed by atoms with Gasteiger partial charge in [-0.1, -0.05) is 78.2 Å². The van der Waals surface area contributed by atoms with Crippen molar-refractivity contribution in [2.24, 2.45) is 0 Å². The van der Waals surface area contributed by atoms with Crippen molar-refractivity contribution >= 4 is 50.7 Å². The standard InChI is InChI=1S/C30H35Cl2N3O4S/c1-6-26(29(37)33-30(3,4)5)34(19-22-14-12-21(2)13-15-22)28(36)20-35(27-17-16-23(31)18-25(27)32)40(38,39)24-10-8-7-9-11-24/h7-18,26H,6,19-20H2,1-5H3,(H,33,37)/t26-/m0/s1. The highest BCUT2D eigenvalue weighted by molar-refractivity contribution is 7.92. The molecule has 1 atom stereocenters. The van der Waals surface area contributed by atoms with Gasteiger partial charge in [-0.15, -0.1) is 0 Å². The molecule has 3 rings (SSSR count). The fourth-order valence-corrected chi connectivity index (χ4v) is 6.19. The number of rotatable bonds is 10. The molecule has 0 spiro atoms. The Bertz CT molecular complexity index is 1440. The highest BCUT2D eigenvalue weighted by Gasteiger charge is 2.35. The van der Waals surface area contributed by atoms with Crippen LogP contribution in [-0.4, -0.2) is 43.3 Å². The van der Waals surface area contributed by atoms with E-state index in [0.717, 1.165) is 15.4 Å². The Morgan fingerprint density at radius 3 is 2.12 bits per heavy atom. The van der Waals surface area contributed by atoms with Gasteiger partial charge in [-0.3, -0.25) is 13.9 Å². The highest BCUT2D eigenvalue weighted by atomic mass is 35.5. The van der Waals surface area contributed by atoms with E-state index >= 15 is 0 Å². The van der Waals surface area contributed by atoms with Gasteiger partial charge in [0.15, 0.2) is 0 Å². The van der Waals surface area contributed by atoms with Gasteiger partial charge in [0, 0.05) is 17.1 Å². The van der Waals surface area contributed by atoms with E-state index in [9.17, 15) is 18.0 Å². The van der Waals surface area contributed by atoms with Crippen LogP contribution in [0.15, 0.2) is 77.7 Å². The topological polar surface area (TPSA) is 86.8 Å². The average molecular weight is 605 g/mol. The van der Waals surface area contributed by atoms with Crippen LogP contribution in [-0.2, 0) is 26.2 Å². The number of nitrogens with zero attached hydrogens (tertiary/aromatic N) is 2. The number of hydrogen-bond acceptors (Lipinski definition) is 4. The lowest BCUT2D eigenvalue weighted by Gasteiger charge is -2.35. The molecule has 3 aromatic carbocycles. The van der Waals surface area contributed by atoms with Gasteiger partial charge in [0.1, 0.15) is 12.6 Å². The normalized spacial score (nSPS) is 12.5. The summed E-state index contributed by atoms with van der Waals surface area (Å²) in [5.41, 5.74) is 1.44. The smallest absolute Gasteiger partial charge is 0.264 e. The molecule has 0 aliphatic carbocycles. The third-order valence-electron chi connectivity index (χ3n) is 6.15. The van der Waals surface area contributed by atoms with Gasteiger partial charge >= 0.3 is 0 Å². The maximum absolute atomic E-state index is 14.1. The second kappa shape index (κ2) is 13.1. The van der Waals surface area contributed by atoms with Crippen molar-refractivity contribution in [2.45, 2.75) is 64.1 Å². The van der Waals surface area contributed by atoms with Gasteiger partial charge in [-0.2, -0.15) is 0 Å². The van der Waals surface area contributed by atoms with Crippen molar-refractivity contribution in [3.8, 4) is 0 Å². The van der Waals surface area contributed by atoms with E-state index in [1.165, 1.54) is 35.2 Å². The van der Waals surface area contributed by atoms with E-state index in [4.69, 9.17) is 23.2 Å². The molecular weight excluding hydrogens is 569 g/mol. The molecule has 10 heteroatoms. The highest BCUT2D eigenvalue weighted by Crippen LogP contribution is 2.33. The van der Waals surface area contributed by atoms with E-state index in [1.54, 1.807) is 18.2 Å². The largest absolute Gasteiger partial charge is 0.350 e. The fourth-order valence-electron chi connectivity index (χ4n) is 4.18. The lowest BCUT2D eigenvalue weighted by atomic mass is 10.1. The number of halogens is 2. The number of sulfonamides is 1. The van der Waals surface area contributed by atoms with E-state index in [-0.39, 0.29) is 28.1 Å². The third kappa shape index (κ3) is 7.99. The summed E-state index contributed by atoms with van der Waals surface area (Å²) in [6.07, 6.45) is 0.326. The zero-order chi connectivity index (χ0) is 29.7. The van der Waals surface area contributed by atoms with Crippen LogP contribution in [0.1, 0.15) is 45.2 Å². The van der Waals surface area contributed by atoms with Gasteiger partial charge in [0.2, 0.25) is 11.8 Å². The first-order valence-corrected chi connectivity index (χ1v) is 15.1. The summed E-state index contributed by atoms with van der Waals surface area (Å²) >= 11 is 12.5. The molecular formula is C30H35Cl2N3O4S. The Labute approximate surface area is 247 Å². The molecule has 0 aliphatic rings. The van der Waals surface area contributed by atoms with Crippen LogP contribution in [0.3, 0.4) is 0 Å². The minimum Gasteiger partial charge on any atom is -0.350 e. The molecule has 0 radical (unpaired) electrons. The van der Waals surface area contributed by atoms with E-state index in [0.29, 0.717) is 11.4 Å². The first-order chi connectivity index (χ1) is 18.7. The van der Waals surface area contributed by atoms with Crippen molar-refractivity contribution in [3.05, 3.63) is 94.0 Å². The van der Waals surface area contributed by atoms with Gasteiger partial charge < -0.3 is 10.2 Å². The zero-order valence-corrected chi connectivity index (χ0v) is 25.6. The molecule has 0 aliphatic heterocycles. The number of anilines is 1. The molecule has 2 amide bonds. The van der Waals surface area contributed by atoms with E-state index in [1.807, 2.05) is 58.9 Å². The summed E-state index contributed by atoms with van der Waals surface area (Å²) in [5.74, 6) is -0.875. The second-order valence-corrected chi connectivity index (χ2v) is 13.3. The van der Waals surface area contributed by atoms with Crippen molar-refractivity contribution in [2.75, 3.05) is 10.8 Å². The molecule has 0 bridgehead atoms. The molecule has 3 aromatic rings.